The summed E-state index contributed by atoms with van der Waals surface area (Å²) in [5, 5.41) is 11.0. The normalized spacial score (nSPS) is 18.0. The highest BCUT2D eigenvalue weighted by Gasteiger charge is 2.46. The van der Waals surface area contributed by atoms with Crippen LogP contribution in [0.5, 0.6) is 11.5 Å². The van der Waals surface area contributed by atoms with E-state index in [-0.39, 0.29) is 11.3 Å². The molecule has 1 aliphatic heterocycles. The molecule has 1 aromatic heterocycles. The molecule has 3 rings (SSSR count). The molecule has 1 atom stereocenters. The zero-order chi connectivity index (χ0) is 22.5. The van der Waals surface area contributed by atoms with Crippen molar-refractivity contribution in [3.8, 4) is 11.5 Å². The molecule has 1 aromatic carbocycles. The predicted octanol–water partition coefficient (Wildman–Crippen LogP) is 2.47. The van der Waals surface area contributed by atoms with E-state index in [2.05, 4.69) is 4.98 Å². The summed E-state index contributed by atoms with van der Waals surface area (Å²) in [6.45, 7) is 1.13. The van der Waals surface area contributed by atoms with Gasteiger partial charge in [0.2, 0.25) is 0 Å². The van der Waals surface area contributed by atoms with Gasteiger partial charge in [0.25, 0.3) is 11.7 Å². The van der Waals surface area contributed by atoms with Gasteiger partial charge >= 0.3 is 0 Å². The van der Waals surface area contributed by atoms with Crippen LogP contribution in [0.25, 0.3) is 5.76 Å². The number of rotatable bonds is 8. The predicted molar refractivity (Wildman–Crippen MR) is 116 cm³/mol. The first-order valence-electron chi connectivity index (χ1n) is 9.94. The van der Waals surface area contributed by atoms with Crippen molar-refractivity contribution in [1.82, 2.24) is 14.8 Å². The van der Waals surface area contributed by atoms with Crippen LogP contribution >= 0.6 is 0 Å². The summed E-state index contributed by atoms with van der Waals surface area (Å²) in [4.78, 5) is 33.4. The molecule has 0 spiro atoms. The van der Waals surface area contributed by atoms with Gasteiger partial charge in [-0.2, -0.15) is 0 Å². The summed E-state index contributed by atoms with van der Waals surface area (Å²) in [6, 6.07) is 7.68. The number of carbonyl (C=O) groups excluding carboxylic acids is 2. The van der Waals surface area contributed by atoms with Crippen LogP contribution in [0.3, 0.4) is 0 Å². The first kappa shape index (κ1) is 22.3. The number of benzene rings is 1. The van der Waals surface area contributed by atoms with E-state index in [1.165, 1.54) is 31.5 Å². The van der Waals surface area contributed by atoms with Crippen LogP contribution in [0.2, 0.25) is 0 Å². The quantitative estimate of drug-likeness (QED) is 0.395. The minimum absolute atomic E-state index is 0.0493. The van der Waals surface area contributed by atoms with Crippen LogP contribution in [0, 0.1) is 0 Å². The highest BCUT2D eigenvalue weighted by molar-refractivity contribution is 6.46. The number of aliphatic hydroxyl groups is 1. The molecule has 0 radical (unpaired) electrons. The van der Waals surface area contributed by atoms with Crippen molar-refractivity contribution in [1.29, 1.82) is 0 Å². The minimum Gasteiger partial charge on any atom is -0.507 e. The van der Waals surface area contributed by atoms with Crippen molar-refractivity contribution < 1.29 is 24.2 Å². The summed E-state index contributed by atoms with van der Waals surface area (Å²) in [5.74, 6) is -0.559. The Morgan fingerprint density at radius 2 is 1.77 bits per heavy atom. The first-order valence-corrected chi connectivity index (χ1v) is 9.94. The van der Waals surface area contributed by atoms with Crippen LogP contribution < -0.4 is 9.47 Å². The number of methoxy groups -OCH3 is 2. The van der Waals surface area contributed by atoms with Crippen LogP contribution in [0.15, 0.2) is 48.3 Å². The van der Waals surface area contributed by atoms with E-state index >= 15 is 0 Å². The van der Waals surface area contributed by atoms with Crippen molar-refractivity contribution in [2.75, 3.05) is 41.4 Å². The fraction of sp³-hybridized carbons (Fsp3) is 0.348. The Kier molecular flexibility index (Phi) is 6.91. The molecule has 31 heavy (non-hydrogen) atoms. The Morgan fingerprint density at radius 3 is 2.39 bits per heavy atom. The number of aliphatic hydroxyl groups excluding tert-OH is 1. The molecule has 1 unspecified atom stereocenters. The monoisotopic (exact) mass is 425 g/mol. The summed E-state index contributed by atoms with van der Waals surface area (Å²) < 4.78 is 10.7. The molecule has 2 heterocycles. The van der Waals surface area contributed by atoms with E-state index in [0.29, 0.717) is 35.6 Å². The maximum Gasteiger partial charge on any atom is 0.295 e. The largest absolute Gasteiger partial charge is 0.507 e. The Hall–Kier alpha value is -3.39. The third-order valence-corrected chi connectivity index (χ3v) is 5.22. The molecule has 1 fully saturated rings. The van der Waals surface area contributed by atoms with Gasteiger partial charge in [0, 0.05) is 24.5 Å². The fourth-order valence-electron chi connectivity index (χ4n) is 3.70. The molecule has 164 valence electrons. The third-order valence-electron chi connectivity index (χ3n) is 5.22. The number of hydrogen-bond acceptors (Lipinski definition) is 7. The lowest BCUT2D eigenvalue weighted by Gasteiger charge is -2.26. The van der Waals surface area contributed by atoms with Gasteiger partial charge in [-0.3, -0.25) is 14.6 Å². The van der Waals surface area contributed by atoms with Gasteiger partial charge in [-0.1, -0.05) is 6.07 Å². The SMILES string of the molecule is COc1ccc(C2/C(=C(\O)c3ccncc3)C(=O)C(=O)N2CCCN(C)C)cc1OC. The van der Waals surface area contributed by atoms with Gasteiger partial charge in [-0.25, -0.2) is 0 Å². The zero-order valence-corrected chi connectivity index (χ0v) is 18.2. The van der Waals surface area contributed by atoms with E-state index in [1.54, 1.807) is 30.3 Å². The molecule has 0 aliphatic carbocycles. The van der Waals surface area contributed by atoms with Gasteiger partial charge in [0.1, 0.15) is 5.76 Å². The molecule has 1 saturated heterocycles. The molecular weight excluding hydrogens is 398 g/mol. The Labute approximate surface area is 181 Å². The highest BCUT2D eigenvalue weighted by atomic mass is 16.5. The molecule has 2 aromatic rings. The van der Waals surface area contributed by atoms with E-state index in [1.807, 2.05) is 19.0 Å². The molecular formula is C23H27N3O5. The number of nitrogens with zero attached hydrogens (tertiary/aromatic N) is 3. The average Bonchev–Trinajstić information content (AvgIpc) is 3.03. The topological polar surface area (TPSA) is 92.2 Å². The smallest absolute Gasteiger partial charge is 0.295 e. The molecule has 1 aliphatic rings. The first-order chi connectivity index (χ1) is 14.9. The molecule has 1 amide bonds. The van der Waals surface area contributed by atoms with Gasteiger partial charge in [-0.05, 0) is 56.9 Å². The van der Waals surface area contributed by atoms with Crippen molar-refractivity contribution in [3.63, 3.8) is 0 Å². The number of pyridine rings is 1. The molecule has 0 bridgehead atoms. The standard InChI is InChI=1S/C23H27N3O5/c1-25(2)12-5-13-26-20(16-6-7-17(30-3)18(14-16)31-4)19(22(28)23(26)29)21(27)15-8-10-24-11-9-15/h6-11,14,20,27H,5,12-13H2,1-4H3/b21-19+. The van der Waals surface area contributed by atoms with E-state index < -0.39 is 17.7 Å². The van der Waals surface area contributed by atoms with Crippen molar-refractivity contribution in [3.05, 3.63) is 59.4 Å². The lowest BCUT2D eigenvalue weighted by Crippen LogP contribution is -2.32. The second-order valence-corrected chi connectivity index (χ2v) is 7.50. The number of aromatic nitrogens is 1. The van der Waals surface area contributed by atoms with Gasteiger partial charge < -0.3 is 24.4 Å². The van der Waals surface area contributed by atoms with Gasteiger partial charge in [0.05, 0.1) is 25.8 Å². The second kappa shape index (κ2) is 9.61. The number of Topliss-reactive ketones (excluding diaryl/α,β-unsaturated/α-hetero) is 1. The van der Waals surface area contributed by atoms with Crippen molar-refractivity contribution >= 4 is 17.4 Å². The lowest BCUT2D eigenvalue weighted by atomic mass is 9.95. The fourth-order valence-corrected chi connectivity index (χ4v) is 3.70. The minimum atomic E-state index is -0.741. The number of amides is 1. The van der Waals surface area contributed by atoms with Gasteiger partial charge in [0.15, 0.2) is 11.5 Å². The third kappa shape index (κ3) is 4.54. The molecule has 0 saturated carbocycles. The molecule has 8 heteroatoms. The Bertz CT molecular complexity index is 988. The number of ketones is 1. The maximum absolute atomic E-state index is 13.0. The number of likely N-dealkylation sites (tertiary alicyclic amines) is 1. The van der Waals surface area contributed by atoms with Crippen LogP contribution in [-0.2, 0) is 9.59 Å². The summed E-state index contributed by atoms with van der Waals surface area (Å²) in [6.07, 6.45) is 3.72. The maximum atomic E-state index is 13.0. The Morgan fingerprint density at radius 1 is 1.10 bits per heavy atom. The van der Waals surface area contributed by atoms with Gasteiger partial charge in [-0.15, -0.1) is 0 Å². The number of hydrogen-bond donors (Lipinski definition) is 1. The van der Waals surface area contributed by atoms with Crippen LogP contribution in [0.4, 0.5) is 0 Å². The second-order valence-electron chi connectivity index (χ2n) is 7.50. The van der Waals surface area contributed by atoms with Crippen molar-refractivity contribution in [2.24, 2.45) is 0 Å². The van der Waals surface area contributed by atoms with Crippen LogP contribution in [-0.4, -0.2) is 73.0 Å². The van der Waals surface area contributed by atoms with E-state index in [9.17, 15) is 14.7 Å². The Balaban J connectivity index is 2.13. The van der Waals surface area contributed by atoms with Crippen molar-refractivity contribution in [2.45, 2.75) is 12.5 Å². The number of ether oxygens (including phenoxy) is 2. The summed E-state index contributed by atoms with van der Waals surface area (Å²) >= 11 is 0. The average molecular weight is 425 g/mol. The lowest BCUT2D eigenvalue weighted by molar-refractivity contribution is -0.139. The highest BCUT2D eigenvalue weighted by Crippen LogP contribution is 2.41. The van der Waals surface area contributed by atoms with Crippen LogP contribution in [0.1, 0.15) is 23.6 Å². The molecule has 1 N–H and O–H groups in total. The van der Waals surface area contributed by atoms with E-state index in [4.69, 9.17) is 9.47 Å². The number of carbonyl (C=O) groups is 2. The zero-order valence-electron chi connectivity index (χ0n) is 18.2. The molecule has 8 nitrogen and oxygen atoms in total. The summed E-state index contributed by atoms with van der Waals surface area (Å²) in [7, 11) is 6.95. The summed E-state index contributed by atoms with van der Waals surface area (Å²) in [5.41, 5.74) is 1.12. The van der Waals surface area contributed by atoms with E-state index in [0.717, 1.165) is 6.54 Å².